The number of piperidine rings is 1. The van der Waals surface area contributed by atoms with Gasteiger partial charge in [0.15, 0.2) is 11.9 Å². The van der Waals surface area contributed by atoms with Gasteiger partial charge in [0.25, 0.3) is 5.91 Å². The van der Waals surface area contributed by atoms with Crippen LogP contribution >= 0.6 is 11.8 Å². The Morgan fingerprint density at radius 1 is 1.30 bits per heavy atom. The molecule has 5 atom stereocenters. The molecule has 0 unspecified atom stereocenters. The molecule has 3 aliphatic heterocycles. The number of carbonyl (C=O) groups is 2. The largest absolute Gasteiger partial charge is 0.523 e. The highest BCUT2D eigenvalue weighted by Gasteiger charge is 2.64. The number of amides is 1. The van der Waals surface area contributed by atoms with Crippen LogP contribution < -0.4 is 0 Å². The van der Waals surface area contributed by atoms with E-state index in [4.69, 9.17) is 9.47 Å². The standard InChI is InChI=1S/C13H16F3NO8S2/c1-12(2)23-6-7(25-27(20,21)13(14,15)16)9(18)17-5(11(19)22-3)4-26-10(17)8(6)24-12/h5-8,10H,4H2,1-3H3/t5-,6-,7+,8-,10-/m0/s1. The zero-order valence-corrected chi connectivity index (χ0v) is 15.9. The molecule has 0 N–H and O–H groups in total. The molecule has 0 radical (unpaired) electrons. The van der Waals surface area contributed by atoms with Crippen molar-refractivity contribution >= 4 is 33.8 Å². The van der Waals surface area contributed by atoms with Gasteiger partial charge < -0.3 is 19.1 Å². The van der Waals surface area contributed by atoms with Crippen LogP contribution in [0.15, 0.2) is 0 Å². The number of carbonyl (C=O) groups excluding carboxylic acids is 2. The predicted molar refractivity (Wildman–Crippen MR) is 82.6 cm³/mol. The van der Waals surface area contributed by atoms with E-state index in [1.165, 1.54) is 13.8 Å². The second-order valence-electron chi connectivity index (χ2n) is 6.49. The lowest BCUT2D eigenvalue weighted by Gasteiger charge is -2.41. The van der Waals surface area contributed by atoms with Crippen molar-refractivity contribution in [1.82, 2.24) is 4.90 Å². The molecule has 0 aromatic carbocycles. The van der Waals surface area contributed by atoms with Crippen molar-refractivity contribution in [3.63, 3.8) is 0 Å². The normalized spacial score (nSPS) is 35.7. The van der Waals surface area contributed by atoms with Gasteiger partial charge in [0, 0.05) is 5.75 Å². The lowest BCUT2D eigenvalue weighted by molar-refractivity contribution is -0.166. The number of nitrogens with zero attached hydrogens (tertiary/aromatic N) is 1. The van der Waals surface area contributed by atoms with E-state index in [9.17, 15) is 31.2 Å². The van der Waals surface area contributed by atoms with Gasteiger partial charge in [-0.25, -0.2) is 8.98 Å². The average molecular weight is 435 g/mol. The maximum atomic E-state index is 12.8. The minimum Gasteiger partial charge on any atom is -0.467 e. The molecule has 1 amide bonds. The minimum atomic E-state index is -6.08. The topological polar surface area (TPSA) is 108 Å². The van der Waals surface area contributed by atoms with Crippen molar-refractivity contribution in [3.8, 4) is 0 Å². The number of halogens is 3. The van der Waals surface area contributed by atoms with E-state index >= 15 is 0 Å². The molecule has 27 heavy (non-hydrogen) atoms. The first-order valence-electron chi connectivity index (χ1n) is 7.66. The monoisotopic (exact) mass is 435 g/mol. The molecule has 0 aliphatic carbocycles. The van der Waals surface area contributed by atoms with Crippen LogP contribution in [0, 0.1) is 0 Å². The number of esters is 1. The third kappa shape index (κ3) is 3.41. The average Bonchev–Trinajstić information content (AvgIpc) is 3.10. The highest BCUT2D eigenvalue weighted by atomic mass is 32.2. The number of methoxy groups -OCH3 is 1. The molecule has 3 fully saturated rings. The maximum absolute atomic E-state index is 12.8. The molecule has 154 valence electrons. The van der Waals surface area contributed by atoms with Gasteiger partial charge in [0.05, 0.1) is 7.11 Å². The molecule has 3 rings (SSSR count). The molecule has 0 spiro atoms. The summed E-state index contributed by atoms with van der Waals surface area (Å²) in [5.74, 6) is -3.09. The van der Waals surface area contributed by atoms with E-state index in [1.54, 1.807) is 0 Å². The van der Waals surface area contributed by atoms with Gasteiger partial charge in [-0.05, 0) is 13.8 Å². The van der Waals surface area contributed by atoms with Crippen LogP contribution in [0.1, 0.15) is 13.8 Å². The second kappa shape index (κ2) is 6.47. The first-order valence-corrected chi connectivity index (χ1v) is 10.1. The van der Waals surface area contributed by atoms with Gasteiger partial charge in [-0.2, -0.15) is 21.6 Å². The Morgan fingerprint density at radius 2 is 1.89 bits per heavy atom. The fourth-order valence-corrected chi connectivity index (χ4v) is 5.29. The number of ether oxygens (including phenoxy) is 3. The van der Waals surface area contributed by atoms with Gasteiger partial charge in [-0.1, -0.05) is 0 Å². The van der Waals surface area contributed by atoms with Crippen molar-refractivity contribution in [2.24, 2.45) is 0 Å². The van der Waals surface area contributed by atoms with Gasteiger partial charge in [0.2, 0.25) is 0 Å². The summed E-state index contributed by atoms with van der Waals surface area (Å²) in [6.45, 7) is 2.93. The van der Waals surface area contributed by atoms with Gasteiger partial charge in [0.1, 0.15) is 23.6 Å². The molecule has 3 saturated heterocycles. The van der Waals surface area contributed by atoms with Gasteiger partial charge in [-0.15, -0.1) is 11.8 Å². The van der Waals surface area contributed by atoms with Crippen LogP contribution in [0.3, 0.4) is 0 Å². The smallest absolute Gasteiger partial charge is 0.467 e. The second-order valence-corrected chi connectivity index (χ2v) is 9.20. The first kappa shape index (κ1) is 20.6. The van der Waals surface area contributed by atoms with E-state index in [0.29, 0.717) is 0 Å². The van der Waals surface area contributed by atoms with E-state index < -0.39 is 63.0 Å². The molecule has 14 heteroatoms. The Bertz CT molecular complexity index is 755. The number of alkyl halides is 3. The lowest BCUT2D eigenvalue weighted by atomic mass is 9.99. The van der Waals surface area contributed by atoms with Gasteiger partial charge in [-0.3, -0.25) is 4.79 Å². The Balaban J connectivity index is 1.99. The van der Waals surface area contributed by atoms with Crippen LogP contribution in [0.4, 0.5) is 13.2 Å². The van der Waals surface area contributed by atoms with Gasteiger partial charge >= 0.3 is 21.6 Å². The van der Waals surface area contributed by atoms with Crippen LogP contribution in [0.5, 0.6) is 0 Å². The fourth-order valence-electron chi connectivity index (χ4n) is 3.22. The quantitative estimate of drug-likeness (QED) is 0.349. The Hall–Kier alpha value is -1.09. The van der Waals surface area contributed by atoms with E-state index in [-0.39, 0.29) is 5.75 Å². The molecule has 0 aromatic rings. The van der Waals surface area contributed by atoms with E-state index in [1.807, 2.05) is 0 Å². The zero-order valence-electron chi connectivity index (χ0n) is 14.3. The lowest BCUT2D eigenvalue weighted by Crippen LogP contribution is -2.64. The summed E-state index contributed by atoms with van der Waals surface area (Å²) in [5.41, 5.74) is -5.73. The Labute approximate surface area is 156 Å². The zero-order chi connectivity index (χ0) is 20.4. The molecule has 9 nitrogen and oxygen atoms in total. The van der Waals surface area contributed by atoms with Crippen LogP contribution in [-0.4, -0.2) is 79.1 Å². The number of hydrogen-bond donors (Lipinski definition) is 0. The van der Waals surface area contributed by atoms with Crippen molar-refractivity contribution in [3.05, 3.63) is 0 Å². The number of thioether (sulfide) groups is 1. The summed E-state index contributed by atoms with van der Waals surface area (Å²) >= 11 is 1.16. The van der Waals surface area contributed by atoms with Crippen LogP contribution in [0.2, 0.25) is 0 Å². The SMILES string of the molecule is COC(=O)[C@@H]1CS[C@H]2[C@H]3OC(C)(C)O[C@H]3[C@@H](OS(=O)(=O)C(F)(F)F)C(=O)N12. The molecule has 0 aromatic heterocycles. The number of rotatable bonds is 3. The van der Waals surface area contributed by atoms with Crippen molar-refractivity contribution < 1.29 is 49.6 Å². The molecule has 3 aliphatic rings. The highest BCUT2D eigenvalue weighted by Crippen LogP contribution is 2.46. The third-order valence-electron chi connectivity index (χ3n) is 4.26. The minimum absolute atomic E-state index is 0.106. The Morgan fingerprint density at radius 3 is 2.44 bits per heavy atom. The predicted octanol–water partition coefficient (Wildman–Crippen LogP) is 0.198. The molecular formula is C13H16F3NO8S2. The summed E-state index contributed by atoms with van der Waals surface area (Å²) in [5, 5.41) is -0.762. The van der Waals surface area contributed by atoms with Crippen molar-refractivity contribution in [2.75, 3.05) is 12.9 Å². The van der Waals surface area contributed by atoms with E-state index in [2.05, 4.69) is 8.92 Å². The summed E-state index contributed by atoms with van der Waals surface area (Å²) in [7, 11) is -4.99. The van der Waals surface area contributed by atoms with Crippen molar-refractivity contribution in [2.45, 2.75) is 54.9 Å². The highest BCUT2D eigenvalue weighted by molar-refractivity contribution is 8.00. The number of hydrogen-bond acceptors (Lipinski definition) is 9. The summed E-state index contributed by atoms with van der Waals surface area (Å²) < 4.78 is 81.2. The summed E-state index contributed by atoms with van der Waals surface area (Å²) in [4.78, 5) is 25.7. The fraction of sp³-hybridized carbons (Fsp3) is 0.846. The third-order valence-corrected chi connectivity index (χ3v) is 6.64. The molecule has 3 heterocycles. The van der Waals surface area contributed by atoms with Crippen LogP contribution in [0.25, 0.3) is 0 Å². The van der Waals surface area contributed by atoms with E-state index in [0.717, 1.165) is 23.8 Å². The van der Waals surface area contributed by atoms with Crippen LogP contribution in [-0.2, 0) is 38.1 Å². The maximum Gasteiger partial charge on any atom is 0.523 e. The molecule has 0 saturated carbocycles. The summed E-state index contributed by atoms with van der Waals surface area (Å²) in [6, 6.07) is -1.11. The molecule has 0 bridgehead atoms. The molecular weight excluding hydrogens is 419 g/mol. The number of fused-ring (bicyclic) bond motifs is 3. The first-order chi connectivity index (χ1) is 12.3. The summed E-state index contributed by atoms with van der Waals surface area (Å²) in [6.07, 6.45) is -4.54. The van der Waals surface area contributed by atoms with Crippen molar-refractivity contribution in [1.29, 1.82) is 0 Å². The Kier molecular flexibility index (Phi) is 4.95.